The molecule has 2 fully saturated rings. The summed E-state index contributed by atoms with van der Waals surface area (Å²) in [6, 6.07) is 0. The van der Waals surface area contributed by atoms with Gasteiger partial charge in [-0.15, -0.1) is 0 Å². The highest BCUT2D eigenvalue weighted by Gasteiger charge is 2.55. The van der Waals surface area contributed by atoms with E-state index in [2.05, 4.69) is 25.6 Å². The van der Waals surface area contributed by atoms with Crippen molar-refractivity contribution in [3.05, 3.63) is 23.3 Å². The lowest BCUT2D eigenvalue weighted by atomic mass is 9.52. The van der Waals surface area contributed by atoms with Gasteiger partial charge < -0.3 is 4.84 Å². The number of fused-ring (bicyclic) bond motifs is 4. The number of hydrogen-bond donors (Lipinski definition) is 0. The predicted molar refractivity (Wildman–Crippen MR) is 95.3 cm³/mol. The molecule has 4 aliphatic carbocycles. The van der Waals surface area contributed by atoms with Crippen LogP contribution in [-0.4, -0.2) is 12.8 Å². The topological polar surface area (TPSA) is 21.6 Å². The Morgan fingerprint density at radius 1 is 1.22 bits per heavy atom. The third-order valence-electron chi connectivity index (χ3n) is 7.61. The summed E-state index contributed by atoms with van der Waals surface area (Å²) in [4.78, 5) is 5.17. The van der Waals surface area contributed by atoms with Gasteiger partial charge in [-0.25, -0.2) is 0 Å². The summed E-state index contributed by atoms with van der Waals surface area (Å²) in [6.07, 6.45) is 10.2. The minimum atomic E-state index is 0.293. The molecule has 0 aromatic heterocycles. The Kier molecular flexibility index (Phi) is 3.70. The Bertz CT molecular complexity index is 587. The lowest BCUT2D eigenvalue weighted by Crippen LogP contribution is -2.46. The smallest absolute Gasteiger partial charge is 0.106 e. The second-order valence-corrected chi connectivity index (χ2v) is 8.74. The van der Waals surface area contributed by atoms with Crippen LogP contribution in [0.15, 0.2) is 28.5 Å². The average Bonchev–Trinajstić information content (AvgIpc) is 2.84. The number of hydrogen-bond acceptors (Lipinski definition) is 2. The van der Waals surface area contributed by atoms with Crippen LogP contribution in [0.1, 0.15) is 65.2 Å². The quantitative estimate of drug-likeness (QED) is 0.462. The monoisotopic (exact) mass is 313 g/mol. The van der Waals surface area contributed by atoms with Crippen molar-refractivity contribution in [1.29, 1.82) is 0 Å². The van der Waals surface area contributed by atoms with Crippen LogP contribution in [0.5, 0.6) is 0 Å². The van der Waals surface area contributed by atoms with Gasteiger partial charge in [0.25, 0.3) is 0 Å². The fourth-order valence-corrected chi connectivity index (χ4v) is 6.61. The molecule has 0 aromatic rings. The molecule has 0 N–H and O–H groups in total. The molecule has 0 spiro atoms. The molecule has 2 nitrogen and oxygen atoms in total. The van der Waals surface area contributed by atoms with E-state index in [4.69, 9.17) is 4.84 Å². The molecule has 0 aromatic carbocycles. The maximum atomic E-state index is 5.17. The van der Waals surface area contributed by atoms with Crippen molar-refractivity contribution >= 4 is 5.71 Å². The van der Waals surface area contributed by atoms with Crippen LogP contribution in [-0.2, 0) is 4.84 Å². The molecule has 0 bridgehead atoms. The first-order valence-corrected chi connectivity index (χ1v) is 9.52. The van der Waals surface area contributed by atoms with E-state index in [1.165, 1.54) is 56.2 Å². The molecule has 0 radical (unpaired) electrons. The highest BCUT2D eigenvalue weighted by atomic mass is 16.6. The van der Waals surface area contributed by atoms with Crippen LogP contribution >= 0.6 is 0 Å². The summed E-state index contributed by atoms with van der Waals surface area (Å²) in [6.45, 7) is 9.25. The molecular weight excluding hydrogens is 282 g/mol. The van der Waals surface area contributed by atoms with Crippen LogP contribution in [0.4, 0.5) is 0 Å². The van der Waals surface area contributed by atoms with Crippen molar-refractivity contribution in [3.8, 4) is 0 Å². The zero-order valence-electron chi connectivity index (χ0n) is 15.0. The zero-order valence-corrected chi connectivity index (χ0v) is 15.0. The summed E-state index contributed by atoms with van der Waals surface area (Å²) < 4.78 is 0. The van der Waals surface area contributed by atoms with Gasteiger partial charge in [0.15, 0.2) is 0 Å². The van der Waals surface area contributed by atoms with Crippen molar-refractivity contribution in [3.63, 3.8) is 0 Å². The van der Waals surface area contributed by atoms with Gasteiger partial charge in [0.1, 0.15) is 7.11 Å². The maximum Gasteiger partial charge on any atom is 0.106 e. The molecule has 23 heavy (non-hydrogen) atoms. The average molecular weight is 313 g/mol. The number of nitrogens with zero attached hydrogens (tertiary/aromatic N) is 1. The van der Waals surface area contributed by atoms with E-state index >= 15 is 0 Å². The van der Waals surface area contributed by atoms with Crippen LogP contribution in [0, 0.1) is 29.1 Å². The molecule has 2 saturated carbocycles. The largest absolute Gasteiger partial charge is 0.399 e. The van der Waals surface area contributed by atoms with Crippen molar-refractivity contribution in [1.82, 2.24) is 0 Å². The Morgan fingerprint density at radius 3 is 2.83 bits per heavy atom. The normalized spacial score (nSPS) is 44.8. The van der Waals surface area contributed by atoms with Gasteiger partial charge in [-0.05, 0) is 75.0 Å². The first-order chi connectivity index (χ1) is 11.0. The van der Waals surface area contributed by atoms with Crippen molar-refractivity contribution in [2.75, 3.05) is 7.11 Å². The first-order valence-electron chi connectivity index (χ1n) is 9.52. The van der Waals surface area contributed by atoms with Crippen LogP contribution in [0.2, 0.25) is 0 Å². The van der Waals surface area contributed by atoms with E-state index < -0.39 is 0 Å². The fourth-order valence-electron chi connectivity index (χ4n) is 6.61. The Morgan fingerprint density at radius 2 is 2.04 bits per heavy atom. The molecule has 0 saturated heterocycles. The maximum absolute atomic E-state index is 5.17. The Balaban J connectivity index is 1.69. The van der Waals surface area contributed by atoms with Gasteiger partial charge >= 0.3 is 0 Å². The van der Waals surface area contributed by atoms with Gasteiger partial charge in [0.2, 0.25) is 0 Å². The highest BCUT2D eigenvalue weighted by molar-refractivity contribution is 5.92. The van der Waals surface area contributed by atoms with Crippen LogP contribution in [0.3, 0.4) is 0 Å². The van der Waals surface area contributed by atoms with Gasteiger partial charge in [-0.3, -0.25) is 0 Å². The van der Waals surface area contributed by atoms with Crippen LogP contribution in [0.25, 0.3) is 0 Å². The zero-order chi connectivity index (χ0) is 16.2. The Labute approximate surface area is 141 Å². The van der Waals surface area contributed by atoms with Crippen LogP contribution < -0.4 is 0 Å². The van der Waals surface area contributed by atoms with E-state index in [0.717, 1.165) is 30.1 Å². The second kappa shape index (κ2) is 5.50. The van der Waals surface area contributed by atoms with Gasteiger partial charge in [0.05, 0.1) is 5.71 Å². The predicted octanol–water partition coefficient (Wildman–Crippen LogP) is 5.51. The summed E-state index contributed by atoms with van der Waals surface area (Å²) in [5.41, 5.74) is 6.71. The molecule has 5 atom stereocenters. The summed E-state index contributed by atoms with van der Waals surface area (Å²) in [7, 11) is 1.70. The molecule has 2 heteroatoms. The summed E-state index contributed by atoms with van der Waals surface area (Å²) >= 11 is 0. The SMILES string of the molecule is C=C1CCC2=C(C1)C[C@@H](C)[C@@H]1[C@@H]2CC[C@]2(C)/C(=N/OC)CC[C@@H]12. The van der Waals surface area contributed by atoms with E-state index in [1.54, 1.807) is 12.7 Å². The third-order valence-corrected chi connectivity index (χ3v) is 7.61. The summed E-state index contributed by atoms with van der Waals surface area (Å²) in [5, 5.41) is 4.43. The minimum Gasteiger partial charge on any atom is -0.399 e. The van der Waals surface area contributed by atoms with E-state index in [1.807, 2.05) is 5.57 Å². The summed E-state index contributed by atoms with van der Waals surface area (Å²) in [5.74, 6) is 3.34. The molecule has 0 aliphatic heterocycles. The molecule has 126 valence electrons. The lowest BCUT2D eigenvalue weighted by molar-refractivity contribution is 0.0384. The van der Waals surface area contributed by atoms with Gasteiger partial charge in [-0.2, -0.15) is 0 Å². The molecule has 0 amide bonds. The second-order valence-electron chi connectivity index (χ2n) is 8.74. The van der Waals surface area contributed by atoms with Crippen molar-refractivity contribution in [2.45, 2.75) is 65.2 Å². The van der Waals surface area contributed by atoms with Gasteiger partial charge in [-0.1, -0.05) is 42.3 Å². The fraction of sp³-hybridized carbons (Fsp3) is 0.762. The lowest BCUT2D eigenvalue weighted by Gasteiger charge is -2.53. The first kappa shape index (κ1) is 15.5. The van der Waals surface area contributed by atoms with E-state index in [0.29, 0.717) is 5.41 Å². The van der Waals surface area contributed by atoms with Gasteiger partial charge in [0, 0.05) is 5.41 Å². The number of allylic oxidation sites excluding steroid dienone is 3. The number of rotatable bonds is 1. The Hall–Kier alpha value is -1.05. The highest BCUT2D eigenvalue weighted by Crippen LogP contribution is 2.61. The third kappa shape index (κ3) is 2.24. The molecular formula is C21H31NO. The molecule has 4 rings (SSSR count). The molecule has 0 unspecified atom stereocenters. The number of oxime groups is 1. The van der Waals surface area contributed by atoms with Crippen molar-refractivity contribution in [2.24, 2.45) is 34.2 Å². The van der Waals surface area contributed by atoms with E-state index in [-0.39, 0.29) is 0 Å². The molecule has 0 heterocycles. The van der Waals surface area contributed by atoms with E-state index in [9.17, 15) is 0 Å². The van der Waals surface area contributed by atoms with Crippen molar-refractivity contribution < 1.29 is 4.84 Å². The standard InChI is InChI=1S/C21H31NO/c1-13-5-6-16-15(11-13)12-14(2)20-17(16)9-10-21(3)18(20)7-8-19(21)22-23-4/h14,17-18,20H,1,5-12H2,2-4H3/b22-19+/t14-,17-,18+,20-,21+/m1/s1. The minimum absolute atomic E-state index is 0.293. The molecule has 4 aliphatic rings.